The van der Waals surface area contributed by atoms with E-state index in [4.69, 9.17) is 5.11 Å². The van der Waals surface area contributed by atoms with Crippen molar-refractivity contribution in [3.63, 3.8) is 0 Å². The lowest BCUT2D eigenvalue weighted by Gasteiger charge is -2.08. The van der Waals surface area contributed by atoms with Gasteiger partial charge in [-0.2, -0.15) is 13.2 Å². The molecule has 0 radical (unpaired) electrons. The molecule has 0 aromatic rings. The maximum Gasteiger partial charge on any atom is 0.401 e. The zero-order valence-electron chi connectivity index (χ0n) is 8.84. The van der Waals surface area contributed by atoms with E-state index in [0.29, 0.717) is 0 Å². The van der Waals surface area contributed by atoms with Crippen molar-refractivity contribution in [3.05, 3.63) is 0 Å². The van der Waals surface area contributed by atoms with E-state index < -0.39 is 37.7 Å². The van der Waals surface area contributed by atoms with Crippen molar-refractivity contribution >= 4 is 11.9 Å². The van der Waals surface area contributed by atoms with Crippen LogP contribution >= 0.6 is 0 Å². The largest absolute Gasteiger partial charge is 0.480 e. The lowest BCUT2D eigenvalue weighted by atomic mass is 10.5. The highest BCUT2D eigenvalue weighted by molar-refractivity contribution is 5.77. The van der Waals surface area contributed by atoms with Gasteiger partial charge in [-0.15, -0.1) is 0 Å². The Kier molecular flexibility index (Phi) is 7.22. The molecule has 6 nitrogen and oxygen atoms in total. The van der Waals surface area contributed by atoms with Crippen LogP contribution in [0.15, 0.2) is 0 Å². The topological polar surface area (TPSA) is 87.7 Å². The van der Waals surface area contributed by atoms with E-state index in [1.165, 1.54) is 0 Å². The Bertz CT molecular complexity index is 258. The fourth-order valence-corrected chi connectivity index (χ4v) is 0.802. The number of carbonyl (C=O) groups excluding carboxylic acids is 1. The molecule has 100 valence electrons. The van der Waals surface area contributed by atoms with Crippen molar-refractivity contribution in [2.24, 2.45) is 0 Å². The van der Waals surface area contributed by atoms with Gasteiger partial charge in [0.15, 0.2) is 0 Å². The zero-order valence-corrected chi connectivity index (χ0v) is 8.84. The van der Waals surface area contributed by atoms with Gasteiger partial charge >= 0.3 is 12.1 Å². The molecule has 0 heterocycles. The molecule has 1 amide bonds. The molecule has 0 unspecified atom stereocenters. The smallest absolute Gasteiger partial charge is 0.401 e. The van der Waals surface area contributed by atoms with Gasteiger partial charge in [-0.05, 0) is 0 Å². The van der Waals surface area contributed by atoms with Crippen molar-refractivity contribution in [3.8, 4) is 0 Å². The number of rotatable bonds is 8. The molecule has 0 aliphatic rings. The van der Waals surface area contributed by atoms with Gasteiger partial charge in [-0.1, -0.05) is 0 Å². The third-order valence-electron chi connectivity index (χ3n) is 1.41. The molecule has 9 heteroatoms. The van der Waals surface area contributed by atoms with Crippen LogP contribution in [0, 0.1) is 0 Å². The van der Waals surface area contributed by atoms with Crippen LogP contribution in [0.25, 0.3) is 0 Å². The Morgan fingerprint density at radius 1 is 1.29 bits per heavy atom. The lowest BCUT2D eigenvalue weighted by molar-refractivity contribution is -0.142. The highest BCUT2D eigenvalue weighted by Crippen LogP contribution is 2.11. The first-order chi connectivity index (χ1) is 7.81. The van der Waals surface area contributed by atoms with E-state index >= 15 is 0 Å². The van der Waals surface area contributed by atoms with Crippen molar-refractivity contribution in [2.45, 2.75) is 6.18 Å². The Balaban J connectivity index is 3.38. The molecule has 0 aromatic carbocycles. The van der Waals surface area contributed by atoms with E-state index in [-0.39, 0.29) is 13.2 Å². The summed E-state index contributed by atoms with van der Waals surface area (Å²) < 4.78 is 39.6. The number of nitrogens with one attached hydrogen (secondary N) is 2. The second-order valence-corrected chi connectivity index (χ2v) is 3.02. The van der Waals surface area contributed by atoms with Crippen LogP contribution in [0.2, 0.25) is 0 Å². The van der Waals surface area contributed by atoms with Crippen LogP contribution in [-0.4, -0.2) is 56.0 Å². The van der Waals surface area contributed by atoms with Crippen LogP contribution in [0.4, 0.5) is 13.2 Å². The summed E-state index contributed by atoms with van der Waals surface area (Å²) in [5, 5.41) is 12.4. The molecule has 0 saturated heterocycles. The zero-order chi connectivity index (χ0) is 13.3. The predicted molar refractivity (Wildman–Crippen MR) is 50.4 cm³/mol. The highest BCUT2D eigenvalue weighted by Gasteiger charge is 2.26. The summed E-state index contributed by atoms with van der Waals surface area (Å²) in [6, 6.07) is 0. The fourth-order valence-electron chi connectivity index (χ4n) is 0.802. The molecule has 0 aromatic heterocycles. The first kappa shape index (κ1) is 15.7. The fraction of sp³-hybridized carbons (Fsp3) is 0.750. The molecule has 0 aliphatic heterocycles. The predicted octanol–water partition coefficient (Wildman–Crippen LogP) is -0.644. The minimum atomic E-state index is -4.36. The standard InChI is InChI=1S/C8H13F3N2O4/c9-8(10,11)5-12-3-6(14)13-1-2-17-4-7(15)16/h12H,1-5H2,(H,13,14)(H,15,16). The number of halogens is 3. The molecule has 0 rings (SSSR count). The van der Waals surface area contributed by atoms with Crippen molar-refractivity contribution in [1.29, 1.82) is 0 Å². The summed E-state index contributed by atoms with van der Waals surface area (Å²) >= 11 is 0. The number of carbonyl (C=O) groups is 2. The Hall–Kier alpha value is -1.35. The van der Waals surface area contributed by atoms with Crippen LogP contribution in [0.5, 0.6) is 0 Å². The molecule has 0 fully saturated rings. The van der Waals surface area contributed by atoms with E-state index in [1.54, 1.807) is 0 Å². The molecule has 0 aliphatic carbocycles. The highest BCUT2D eigenvalue weighted by atomic mass is 19.4. The second kappa shape index (κ2) is 7.85. The number of amides is 1. The van der Waals surface area contributed by atoms with Crippen LogP contribution in [-0.2, 0) is 14.3 Å². The quantitative estimate of drug-likeness (QED) is 0.504. The van der Waals surface area contributed by atoms with E-state index in [1.807, 2.05) is 5.32 Å². The van der Waals surface area contributed by atoms with Gasteiger partial charge in [0, 0.05) is 6.54 Å². The van der Waals surface area contributed by atoms with Gasteiger partial charge in [0.2, 0.25) is 5.91 Å². The number of alkyl halides is 3. The minimum Gasteiger partial charge on any atom is -0.480 e. The molecule has 3 N–H and O–H groups in total. The molecule has 0 bridgehead atoms. The van der Waals surface area contributed by atoms with Gasteiger partial charge in [0.05, 0.1) is 19.7 Å². The summed E-state index contributed by atoms with van der Waals surface area (Å²) in [6.45, 7) is -2.16. The SMILES string of the molecule is O=C(O)COCCNC(=O)CNCC(F)(F)F. The Morgan fingerprint density at radius 3 is 2.47 bits per heavy atom. The number of hydrogen-bond donors (Lipinski definition) is 3. The second-order valence-electron chi connectivity index (χ2n) is 3.02. The molecule has 0 saturated carbocycles. The maximum absolute atomic E-state index is 11.7. The maximum atomic E-state index is 11.7. The Labute approximate surface area is 95.1 Å². The van der Waals surface area contributed by atoms with Crippen molar-refractivity contribution in [2.75, 3.05) is 32.8 Å². The average molecular weight is 258 g/mol. The van der Waals surface area contributed by atoms with Crippen LogP contribution in [0.3, 0.4) is 0 Å². The summed E-state index contributed by atoms with van der Waals surface area (Å²) in [5.74, 6) is -1.75. The number of carboxylic acids is 1. The van der Waals surface area contributed by atoms with E-state index in [0.717, 1.165) is 0 Å². The first-order valence-corrected chi connectivity index (χ1v) is 4.65. The molecule has 0 spiro atoms. The lowest BCUT2D eigenvalue weighted by Crippen LogP contribution is -2.39. The van der Waals surface area contributed by atoms with Crippen LogP contribution in [0.1, 0.15) is 0 Å². The van der Waals surface area contributed by atoms with E-state index in [9.17, 15) is 22.8 Å². The molecular weight excluding hydrogens is 245 g/mol. The van der Waals surface area contributed by atoms with Crippen molar-refractivity contribution in [1.82, 2.24) is 10.6 Å². The normalized spacial score (nSPS) is 11.2. The summed E-state index contributed by atoms with van der Waals surface area (Å²) in [4.78, 5) is 20.9. The van der Waals surface area contributed by atoms with Gasteiger partial charge in [0.25, 0.3) is 0 Å². The van der Waals surface area contributed by atoms with Crippen LogP contribution < -0.4 is 10.6 Å². The number of aliphatic carboxylic acids is 1. The molecule has 0 atom stereocenters. The summed E-state index contributed by atoms with van der Waals surface area (Å²) in [6.07, 6.45) is -4.36. The first-order valence-electron chi connectivity index (χ1n) is 4.65. The number of hydrogen-bond acceptors (Lipinski definition) is 4. The molecule has 17 heavy (non-hydrogen) atoms. The third kappa shape index (κ3) is 12.6. The van der Waals surface area contributed by atoms with Gasteiger partial charge in [0.1, 0.15) is 6.61 Å². The minimum absolute atomic E-state index is 0.0166. The third-order valence-corrected chi connectivity index (χ3v) is 1.41. The Morgan fingerprint density at radius 2 is 1.94 bits per heavy atom. The number of ether oxygens (including phenoxy) is 1. The molecular formula is C8H13F3N2O4. The number of carboxylic acid groups (broad SMARTS) is 1. The van der Waals surface area contributed by atoms with Gasteiger partial charge in [-0.3, -0.25) is 4.79 Å². The average Bonchev–Trinajstić information content (AvgIpc) is 2.14. The summed E-state index contributed by atoms with van der Waals surface area (Å²) in [5.41, 5.74) is 0. The van der Waals surface area contributed by atoms with E-state index in [2.05, 4.69) is 10.1 Å². The summed E-state index contributed by atoms with van der Waals surface area (Å²) in [7, 11) is 0. The van der Waals surface area contributed by atoms with Gasteiger partial charge < -0.3 is 20.5 Å². The van der Waals surface area contributed by atoms with Gasteiger partial charge in [-0.25, -0.2) is 4.79 Å². The monoisotopic (exact) mass is 258 g/mol. The van der Waals surface area contributed by atoms with Crippen molar-refractivity contribution < 1.29 is 32.6 Å².